The third-order valence-electron chi connectivity index (χ3n) is 3.46. The molecule has 1 amide bonds. The first kappa shape index (κ1) is 17.9. The van der Waals surface area contributed by atoms with Gasteiger partial charge in [-0.15, -0.1) is 0 Å². The predicted octanol–water partition coefficient (Wildman–Crippen LogP) is 4.13. The summed E-state index contributed by atoms with van der Waals surface area (Å²) in [5.74, 6) is -12.2. The first-order valence-corrected chi connectivity index (χ1v) is 7.27. The maximum absolute atomic E-state index is 13.5. The molecular weight excluding hydrogens is 329 g/mol. The number of amides is 1. The van der Waals surface area contributed by atoms with Gasteiger partial charge in [0.1, 0.15) is 5.56 Å². The van der Waals surface area contributed by atoms with Crippen LogP contribution in [-0.4, -0.2) is 12.5 Å². The van der Waals surface area contributed by atoms with Crippen molar-refractivity contribution < 1.29 is 26.7 Å². The van der Waals surface area contributed by atoms with Crippen LogP contribution in [0.4, 0.5) is 22.0 Å². The zero-order valence-corrected chi connectivity index (χ0v) is 12.5. The van der Waals surface area contributed by atoms with Gasteiger partial charge in [-0.25, -0.2) is 22.0 Å². The number of aryl methyl sites for hydroxylation is 1. The normalized spacial score (nSPS) is 10.7. The third kappa shape index (κ3) is 3.90. The lowest BCUT2D eigenvalue weighted by molar-refractivity contribution is 0.0941. The molecule has 0 fully saturated rings. The van der Waals surface area contributed by atoms with E-state index < -0.39 is 40.6 Å². The van der Waals surface area contributed by atoms with Crippen molar-refractivity contribution in [2.24, 2.45) is 0 Å². The van der Waals surface area contributed by atoms with E-state index >= 15 is 0 Å². The first-order chi connectivity index (χ1) is 11.4. The van der Waals surface area contributed by atoms with Crippen molar-refractivity contribution in [2.45, 2.75) is 19.3 Å². The SMILES string of the molecule is O=C(NCCCCc1ccccc1)c1c(F)c(F)c(F)c(F)c1F. The minimum Gasteiger partial charge on any atom is -0.352 e. The van der Waals surface area contributed by atoms with Gasteiger partial charge in [0.2, 0.25) is 5.82 Å². The first-order valence-electron chi connectivity index (χ1n) is 7.27. The summed E-state index contributed by atoms with van der Waals surface area (Å²) in [6.45, 7) is 0.0607. The largest absolute Gasteiger partial charge is 0.352 e. The van der Waals surface area contributed by atoms with Gasteiger partial charge < -0.3 is 5.32 Å². The summed E-state index contributed by atoms with van der Waals surface area (Å²) < 4.78 is 66.0. The van der Waals surface area contributed by atoms with E-state index in [2.05, 4.69) is 5.32 Å². The van der Waals surface area contributed by atoms with Crippen molar-refractivity contribution in [3.05, 3.63) is 70.5 Å². The molecule has 0 aliphatic rings. The van der Waals surface area contributed by atoms with Crippen LogP contribution in [0.1, 0.15) is 28.8 Å². The molecule has 2 rings (SSSR count). The molecule has 0 aliphatic heterocycles. The van der Waals surface area contributed by atoms with Gasteiger partial charge in [-0.05, 0) is 24.8 Å². The summed E-state index contributed by atoms with van der Waals surface area (Å²) in [5.41, 5.74) is -0.363. The van der Waals surface area contributed by atoms with Gasteiger partial charge in [0.15, 0.2) is 23.3 Å². The maximum atomic E-state index is 13.5. The molecule has 2 aromatic carbocycles. The Hall–Kier alpha value is -2.44. The summed E-state index contributed by atoms with van der Waals surface area (Å²) in [7, 11) is 0. The molecule has 0 spiro atoms. The zero-order valence-electron chi connectivity index (χ0n) is 12.5. The summed E-state index contributed by atoms with van der Waals surface area (Å²) in [5, 5.41) is 2.17. The standard InChI is InChI=1S/C17H14F5NO/c18-12-11(13(19)15(21)16(22)14(12)20)17(24)23-9-5-4-8-10-6-2-1-3-7-10/h1-3,6-7H,4-5,8-9H2,(H,23,24). The van der Waals surface area contributed by atoms with Crippen LogP contribution in [0.2, 0.25) is 0 Å². The maximum Gasteiger partial charge on any atom is 0.257 e. The van der Waals surface area contributed by atoms with Crippen molar-refractivity contribution in [1.82, 2.24) is 5.32 Å². The van der Waals surface area contributed by atoms with Gasteiger partial charge in [-0.1, -0.05) is 30.3 Å². The van der Waals surface area contributed by atoms with Gasteiger partial charge in [0.05, 0.1) is 0 Å². The minimum atomic E-state index is -2.29. The highest BCUT2D eigenvalue weighted by molar-refractivity contribution is 5.94. The van der Waals surface area contributed by atoms with Crippen molar-refractivity contribution in [1.29, 1.82) is 0 Å². The molecule has 1 N–H and O–H groups in total. The lowest BCUT2D eigenvalue weighted by Gasteiger charge is -2.09. The molecule has 0 radical (unpaired) electrons. The number of hydrogen-bond donors (Lipinski definition) is 1. The second-order valence-corrected chi connectivity index (χ2v) is 5.14. The van der Waals surface area contributed by atoms with E-state index in [1.807, 2.05) is 30.3 Å². The molecule has 0 bridgehead atoms. The van der Waals surface area contributed by atoms with Crippen LogP contribution < -0.4 is 5.32 Å². The number of hydrogen-bond acceptors (Lipinski definition) is 1. The molecule has 0 saturated heterocycles. The Morgan fingerprint density at radius 3 is 1.92 bits per heavy atom. The summed E-state index contributed by atoms with van der Waals surface area (Å²) in [4.78, 5) is 11.7. The number of rotatable bonds is 6. The average molecular weight is 343 g/mol. The monoisotopic (exact) mass is 343 g/mol. The van der Waals surface area contributed by atoms with Crippen LogP contribution in [-0.2, 0) is 6.42 Å². The lowest BCUT2D eigenvalue weighted by atomic mass is 10.1. The van der Waals surface area contributed by atoms with Crippen molar-refractivity contribution in [3.63, 3.8) is 0 Å². The predicted molar refractivity (Wildman–Crippen MR) is 77.9 cm³/mol. The molecule has 0 heterocycles. The average Bonchev–Trinajstić information content (AvgIpc) is 2.59. The zero-order chi connectivity index (χ0) is 17.7. The Balaban J connectivity index is 1.91. The van der Waals surface area contributed by atoms with E-state index in [1.54, 1.807) is 0 Å². The molecule has 0 aromatic heterocycles. The number of benzene rings is 2. The number of unbranched alkanes of at least 4 members (excludes halogenated alkanes) is 1. The van der Waals surface area contributed by atoms with Crippen LogP contribution >= 0.6 is 0 Å². The van der Waals surface area contributed by atoms with Crippen LogP contribution in [0.25, 0.3) is 0 Å². The van der Waals surface area contributed by atoms with Crippen LogP contribution in [0.3, 0.4) is 0 Å². The van der Waals surface area contributed by atoms with E-state index in [9.17, 15) is 26.7 Å². The van der Waals surface area contributed by atoms with E-state index in [4.69, 9.17) is 0 Å². The van der Waals surface area contributed by atoms with Gasteiger partial charge in [-0.2, -0.15) is 0 Å². The van der Waals surface area contributed by atoms with Crippen molar-refractivity contribution in [2.75, 3.05) is 6.54 Å². The summed E-state index contributed by atoms with van der Waals surface area (Å²) >= 11 is 0. The van der Waals surface area contributed by atoms with Crippen LogP contribution in [0.15, 0.2) is 30.3 Å². The number of nitrogens with one attached hydrogen (secondary N) is 1. The Morgan fingerprint density at radius 2 is 1.33 bits per heavy atom. The number of halogens is 5. The second kappa shape index (κ2) is 7.90. The third-order valence-corrected chi connectivity index (χ3v) is 3.46. The van der Waals surface area contributed by atoms with Gasteiger partial charge >= 0.3 is 0 Å². The Bertz CT molecular complexity index is 705. The summed E-state index contributed by atoms with van der Waals surface area (Å²) in [6.07, 6.45) is 1.94. The molecule has 2 nitrogen and oxygen atoms in total. The van der Waals surface area contributed by atoms with Crippen LogP contribution in [0.5, 0.6) is 0 Å². The molecule has 0 saturated carbocycles. The molecule has 2 aromatic rings. The highest BCUT2D eigenvalue weighted by atomic mass is 19.2. The van der Waals surface area contributed by atoms with E-state index in [0.717, 1.165) is 12.0 Å². The summed E-state index contributed by atoms with van der Waals surface area (Å²) in [6, 6.07) is 9.54. The quantitative estimate of drug-likeness (QED) is 0.363. The Morgan fingerprint density at radius 1 is 0.792 bits per heavy atom. The minimum absolute atomic E-state index is 0.0607. The highest BCUT2D eigenvalue weighted by Crippen LogP contribution is 2.22. The van der Waals surface area contributed by atoms with E-state index in [-0.39, 0.29) is 6.54 Å². The molecule has 24 heavy (non-hydrogen) atoms. The van der Waals surface area contributed by atoms with Gasteiger partial charge in [0, 0.05) is 6.54 Å². The fourth-order valence-corrected chi connectivity index (χ4v) is 2.19. The number of carbonyl (C=O) groups excluding carboxylic acids is 1. The second-order valence-electron chi connectivity index (χ2n) is 5.14. The van der Waals surface area contributed by atoms with Crippen molar-refractivity contribution in [3.8, 4) is 0 Å². The molecule has 0 aliphatic carbocycles. The molecule has 128 valence electrons. The topological polar surface area (TPSA) is 29.1 Å². The fourth-order valence-electron chi connectivity index (χ4n) is 2.19. The highest BCUT2D eigenvalue weighted by Gasteiger charge is 2.29. The smallest absolute Gasteiger partial charge is 0.257 e. The number of carbonyl (C=O) groups is 1. The van der Waals surface area contributed by atoms with Gasteiger partial charge in [0.25, 0.3) is 5.91 Å². The Kier molecular flexibility index (Phi) is 5.89. The van der Waals surface area contributed by atoms with Crippen molar-refractivity contribution >= 4 is 5.91 Å². The molecular formula is C17H14F5NO. The Labute approximate surface area is 135 Å². The molecule has 0 atom stereocenters. The molecule has 7 heteroatoms. The van der Waals surface area contributed by atoms with E-state index in [1.165, 1.54) is 0 Å². The van der Waals surface area contributed by atoms with Gasteiger partial charge in [-0.3, -0.25) is 4.79 Å². The fraction of sp³-hybridized carbons (Fsp3) is 0.235. The lowest BCUT2D eigenvalue weighted by Crippen LogP contribution is -2.28. The molecule has 0 unspecified atom stereocenters. The van der Waals surface area contributed by atoms with Crippen LogP contribution in [0, 0.1) is 29.1 Å². The van der Waals surface area contributed by atoms with E-state index in [0.29, 0.717) is 12.8 Å².